The first-order valence-electron chi connectivity index (χ1n) is 21.4. The molecular formula is C61H48. The third-order valence-corrected chi connectivity index (χ3v) is 12.5. The van der Waals surface area contributed by atoms with Gasteiger partial charge in [-0.2, -0.15) is 0 Å². The molecule has 0 fully saturated rings. The van der Waals surface area contributed by atoms with Crippen LogP contribution in [-0.2, 0) is 5.41 Å². The minimum absolute atomic E-state index is 0.104. The Morgan fingerprint density at radius 2 is 0.672 bits per heavy atom. The molecule has 0 bridgehead atoms. The third kappa shape index (κ3) is 6.95. The summed E-state index contributed by atoms with van der Waals surface area (Å²) in [4.78, 5) is 0. The zero-order valence-corrected chi connectivity index (χ0v) is 35.3. The first-order chi connectivity index (χ1) is 29.8. The van der Waals surface area contributed by atoms with E-state index in [9.17, 15) is 0 Å². The summed E-state index contributed by atoms with van der Waals surface area (Å²) in [7, 11) is 0. The first kappa shape index (κ1) is 38.0. The van der Waals surface area contributed by atoms with Crippen LogP contribution in [0.5, 0.6) is 0 Å². The van der Waals surface area contributed by atoms with E-state index in [2.05, 4.69) is 210 Å². The lowest BCUT2D eigenvalue weighted by molar-refractivity contribution is 0.590. The van der Waals surface area contributed by atoms with E-state index in [0.29, 0.717) is 0 Å². The predicted octanol–water partition coefficient (Wildman–Crippen LogP) is 17.4. The van der Waals surface area contributed by atoms with Gasteiger partial charge in [-0.3, -0.25) is 0 Å². The number of rotatable bonds is 4. The van der Waals surface area contributed by atoms with E-state index < -0.39 is 0 Å². The van der Waals surface area contributed by atoms with Crippen molar-refractivity contribution in [1.82, 2.24) is 0 Å². The maximum absolute atomic E-state index is 2.44. The van der Waals surface area contributed by atoms with Crippen LogP contribution in [0.1, 0.15) is 31.9 Å². The molecule has 11 aromatic rings. The largest absolute Gasteiger partial charge is 0.0623 e. The monoisotopic (exact) mass is 780 g/mol. The Morgan fingerprint density at radius 3 is 1.20 bits per heavy atom. The second-order valence-electron chi connectivity index (χ2n) is 17.2. The van der Waals surface area contributed by atoms with Gasteiger partial charge in [0.25, 0.3) is 0 Å². The van der Waals surface area contributed by atoms with Gasteiger partial charge in [0.1, 0.15) is 0 Å². The summed E-state index contributed by atoms with van der Waals surface area (Å²) in [6.07, 6.45) is 0. The number of hydrogen-bond acceptors (Lipinski definition) is 0. The first-order valence-corrected chi connectivity index (χ1v) is 21.4. The van der Waals surface area contributed by atoms with E-state index >= 15 is 0 Å². The zero-order valence-electron chi connectivity index (χ0n) is 35.3. The molecule has 0 N–H and O–H groups in total. The summed E-state index contributed by atoms with van der Waals surface area (Å²) in [6, 6.07) is 79.9. The topological polar surface area (TPSA) is 0 Å². The maximum atomic E-state index is 2.44. The molecule has 0 saturated carbocycles. The van der Waals surface area contributed by atoms with E-state index in [1.807, 2.05) is 36.4 Å². The van der Waals surface area contributed by atoms with Gasteiger partial charge in [-0.05, 0) is 128 Å². The van der Waals surface area contributed by atoms with Gasteiger partial charge in [-0.15, -0.1) is 0 Å². The zero-order chi connectivity index (χ0) is 41.5. The number of hydrogen-bond donors (Lipinski definition) is 0. The van der Waals surface area contributed by atoms with Crippen LogP contribution in [0, 0.1) is 6.92 Å². The summed E-state index contributed by atoms with van der Waals surface area (Å²) in [5.74, 6) is 0. The fourth-order valence-electron chi connectivity index (χ4n) is 9.41. The van der Waals surface area contributed by atoms with Gasteiger partial charge < -0.3 is 0 Å². The van der Waals surface area contributed by atoms with Gasteiger partial charge in [0.05, 0.1) is 0 Å². The van der Waals surface area contributed by atoms with E-state index in [-0.39, 0.29) is 5.41 Å². The Bertz CT molecular complexity index is 3270. The summed E-state index contributed by atoms with van der Waals surface area (Å²) in [5.41, 5.74) is 12.8. The van der Waals surface area contributed by atoms with E-state index in [1.165, 1.54) is 109 Å². The minimum Gasteiger partial charge on any atom is -0.0623 e. The van der Waals surface area contributed by atoms with Crippen LogP contribution in [0.2, 0.25) is 0 Å². The molecule has 0 nitrogen and oxygen atoms in total. The molecule has 0 aliphatic rings. The average Bonchev–Trinajstić information content (AvgIpc) is 3.31. The van der Waals surface area contributed by atoms with Crippen LogP contribution >= 0.6 is 0 Å². The van der Waals surface area contributed by atoms with Crippen LogP contribution in [0.3, 0.4) is 0 Å². The van der Waals surface area contributed by atoms with Crippen LogP contribution in [0.15, 0.2) is 218 Å². The SMILES string of the molecule is Cc1c2ccccc2c(-c2ccc(-c3c4ccccc4c(-c4cccc5ccccc45)c4cc(-c5ccc(C(C)(C)C)cc5)ccc34)cc2)c2ccccc12.c1ccccc1. The molecule has 0 spiro atoms. The number of aryl methyl sites for hydroxylation is 1. The smallest absolute Gasteiger partial charge is 0.00199 e. The highest BCUT2D eigenvalue weighted by molar-refractivity contribution is 6.24. The van der Waals surface area contributed by atoms with Gasteiger partial charge in [0.2, 0.25) is 0 Å². The summed E-state index contributed by atoms with van der Waals surface area (Å²) >= 11 is 0. The van der Waals surface area contributed by atoms with Crippen LogP contribution in [0.25, 0.3) is 98.4 Å². The lowest BCUT2D eigenvalue weighted by atomic mass is 9.83. The third-order valence-electron chi connectivity index (χ3n) is 12.5. The predicted molar refractivity (Wildman–Crippen MR) is 266 cm³/mol. The standard InChI is InChI=1S/C55H42.C6H6/c1-35-42-16-7-9-19-45(42)52(46-20-10-8-17-43(35)46)38-24-26-39(27-25-38)53-48-21-11-12-22-49(48)54(47-23-13-15-37-14-5-6-18-44(37)47)51-34-40(30-33-50(51)53)36-28-31-41(32-29-36)55(2,3)4;1-2-4-6-5-3-1/h5-34H,1-4H3;1-6H. The molecule has 0 aliphatic carbocycles. The van der Waals surface area contributed by atoms with Crippen molar-refractivity contribution in [2.45, 2.75) is 33.1 Å². The molecule has 0 radical (unpaired) electrons. The van der Waals surface area contributed by atoms with Gasteiger partial charge >= 0.3 is 0 Å². The second-order valence-corrected chi connectivity index (χ2v) is 17.2. The normalized spacial score (nSPS) is 11.6. The fourth-order valence-corrected chi connectivity index (χ4v) is 9.41. The molecule has 11 aromatic carbocycles. The van der Waals surface area contributed by atoms with Crippen molar-refractivity contribution in [3.05, 3.63) is 230 Å². The van der Waals surface area contributed by atoms with Crippen LogP contribution in [-0.4, -0.2) is 0 Å². The molecule has 0 unspecified atom stereocenters. The minimum atomic E-state index is 0.104. The molecule has 0 atom stereocenters. The highest BCUT2D eigenvalue weighted by Crippen LogP contribution is 2.47. The van der Waals surface area contributed by atoms with Crippen molar-refractivity contribution in [3.63, 3.8) is 0 Å². The molecule has 61 heavy (non-hydrogen) atoms. The van der Waals surface area contributed by atoms with Gasteiger partial charge in [-0.25, -0.2) is 0 Å². The van der Waals surface area contributed by atoms with E-state index in [4.69, 9.17) is 0 Å². The molecule has 11 rings (SSSR count). The maximum Gasteiger partial charge on any atom is -0.00199 e. The molecule has 0 heterocycles. The molecular weight excluding hydrogens is 733 g/mol. The van der Waals surface area contributed by atoms with Crippen molar-refractivity contribution in [2.24, 2.45) is 0 Å². The Hall–Kier alpha value is -7.28. The number of fused-ring (bicyclic) bond motifs is 5. The van der Waals surface area contributed by atoms with Crippen molar-refractivity contribution in [2.75, 3.05) is 0 Å². The lowest BCUT2D eigenvalue weighted by Crippen LogP contribution is -2.10. The molecule has 0 saturated heterocycles. The summed E-state index contributed by atoms with van der Waals surface area (Å²) < 4.78 is 0. The highest BCUT2D eigenvalue weighted by Gasteiger charge is 2.20. The summed E-state index contributed by atoms with van der Waals surface area (Å²) in [5, 5.41) is 12.8. The van der Waals surface area contributed by atoms with Gasteiger partial charge in [-0.1, -0.05) is 233 Å². The second kappa shape index (κ2) is 15.7. The van der Waals surface area contributed by atoms with Crippen LogP contribution < -0.4 is 0 Å². The van der Waals surface area contributed by atoms with Crippen molar-refractivity contribution >= 4 is 53.9 Å². The average molecular weight is 781 g/mol. The van der Waals surface area contributed by atoms with Gasteiger partial charge in [0, 0.05) is 0 Å². The van der Waals surface area contributed by atoms with Crippen LogP contribution in [0.4, 0.5) is 0 Å². The van der Waals surface area contributed by atoms with Crippen molar-refractivity contribution in [3.8, 4) is 44.5 Å². The molecule has 292 valence electrons. The molecule has 0 aliphatic heterocycles. The quantitative estimate of drug-likeness (QED) is 0.156. The Balaban J connectivity index is 0.000000686. The summed E-state index contributed by atoms with van der Waals surface area (Å²) in [6.45, 7) is 9.08. The van der Waals surface area contributed by atoms with Gasteiger partial charge in [0.15, 0.2) is 0 Å². The Morgan fingerprint density at radius 1 is 0.279 bits per heavy atom. The Kier molecular flexibility index (Phi) is 9.78. The van der Waals surface area contributed by atoms with Crippen molar-refractivity contribution in [1.29, 1.82) is 0 Å². The Labute approximate surface area is 359 Å². The highest BCUT2D eigenvalue weighted by atomic mass is 14.2. The fraction of sp³-hybridized carbons (Fsp3) is 0.0820. The number of benzene rings is 11. The van der Waals surface area contributed by atoms with E-state index in [0.717, 1.165) is 0 Å². The van der Waals surface area contributed by atoms with Crippen molar-refractivity contribution < 1.29 is 0 Å². The lowest BCUT2D eigenvalue weighted by Gasteiger charge is -2.21. The molecule has 0 amide bonds. The molecule has 0 aromatic heterocycles. The van der Waals surface area contributed by atoms with E-state index in [1.54, 1.807) is 0 Å². The molecule has 0 heteroatoms.